The second-order valence-electron chi connectivity index (χ2n) is 8.38. The number of rotatable bonds is 9. The molecule has 40 heavy (non-hydrogen) atoms. The molecule has 0 saturated heterocycles. The Kier molecular flexibility index (Phi) is 10.3. The Morgan fingerprint density at radius 1 is 0.725 bits per heavy atom. The minimum absolute atomic E-state index is 0.0511. The van der Waals surface area contributed by atoms with E-state index in [1.807, 2.05) is 6.07 Å². The number of amides is 3. The van der Waals surface area contributed by atoms with E-state index < -0.39 is 11.8 Å². The molecule has 0 fully saturated rings. The second kappa shape index (κ2) is 14.1. The molecule has 4 aromatic carbocycles. The van der Waals surface area contributed by atoms with Crippen LogP contribution >= 0.6 is 46.6 Å². The van der Waals surface area contributed by atoms with Gasteiger partial charge >= 0.3 is 0 Å². The number of benzene rings is 4. The van der Waals surface area contributed by atoms with Crippen molar-refractivity contribution in [2.24, 2.45) is 0 Å². The Balaban J connectivity index is 1.44. The zero-order valence-electron chi connectivity index (χ0n) is 20.8. The highest BCUT2D eigenvalue weighted by Crippen LogP contribution is 2.26. The van der Waals surface area contributed by atoms with E-state index in [1.54, 1.807) is 97.1 Å². The maximum atomic E-state index is 13.3. The van der Waals surface area contributed by atoms with Gasteiger partial charge in [0.25, 0.3) is 11.8 Å². The molecule has 0 radical (unpaired) electrons. The highest BCUT2D eigenvalue weighted by molar-refractivity contribution is 8.00. The molecule has 0 spiro atoms. The van der Waals surface area contributed by atoms with E-state index in [0.29, 0.717) is 37.6 Å². The molecule has 3 N–H and O–H groups in total. The molecule has 0 unspecified atom stereocenters. The molecular formula is C30H22Cl3N3O3S. The Hall–Kier alpha value is -3.75. The number of nitrogens with one attached hydrogen (secondary N) is 3. The molecule has 0 aromatic heterocycles. The van der Waals surface area contributed by atoms with Gasteiger partial charge in [0, 0.05) is 26.9 Å². The minimum Gasteiger partial charge on any atom is -0.325 e. The predicted octanol–water partition coefficient (Wildman–Crippen LogP) is 7.79. The second-order valence-corrected chi connectivity index (χ2v) is 10.7. The van der Waals surface area contributed by atoms with Crippen LogP contribution in [0.5, 0.6) is 0 Å². The molecule has 0 saturated carbocycles. The fourth-order valence-electron chi connectivity index (χ4n) is 3.45. The Labute approximate surface area is 250 Å². The van der Waals surface area contributed by atoms with Gasteiger partial charge in [-0.15, -0.1) is 11.8 Å². The maximum Gasteiger partial charge on any atom is 0.272 e. The summed E-state index contributed by atoms with van der Waals surface area (Å²) in [5.41, 5.74) is 2.18. The van der Waals surface area contributed by atoms with Crippen LogP contribution in [0.4, 0.5) is 11.4 Å². The van der Waals surface area contributed by atoms with Crippen molar-refractivity contribution < 1.29 is 14.4 Å². The summed E-state index contributed by atoms with van der Waals surface area (Å²) in [5, 5.41) is 9.60. The van der Waals surface area contributed by atoms with Crippen LogP contribution in [0.3, 0.4) is 0 Å². The summed E-state index contributed by atoms with van der Waals surface area (Å²) in [6.07, 6.45) is 1.57. The topological polar surface area (TPSA) is 87.3 Å². The Morgan fingerprint density at radius 3 is 2.17 bits per heavy atom. The first-order valence-corrected chi connectivity index (χ1v) is 14.0. The van der Waals surface area contributed by atoms with Crippen molar-refractivity contribution in [3.05, 3.63) is 129 Å². The minimum atomic E-state index is -0.515. The van der Waals surface area contributed by atoms with Gasteiger partial charge in [0.1, 0.15) is 5.70 Å². The third-order valence-electron chi connectivity index (χ3n) is 5.38. The first-order chi connectivity index (χ1) is 19.3. The van der Waals surface area contributed by atoms with Crippen LogP contribution in [-0.2, 0) is 9.59 Å². The van der Waals surface area contributed by atoms with Gasteiger partial charge in [-0.1, -0.05) is 71.2 Å². The van der Waals surface area contributed by atoms with E-state index >= 15 is 0 Å². The van der Waals surface area contributed by atoms with E-state index in [2.05, 4.69) is 16.0 Å². The third kappa shape index (κ3) is 8.63. The highest BCUT2D eigenvalue weighted by atomic mass is 35.5. The SMILES string of the molecule is O=C(CSc1cccc(NC(=O)/C(=C/c2ccc(Cl)cc2)NC(=O)c2ccccc2)c1)Nc1ccc(Cl)c(Cl)c1. The van der Waals surface area contributed by atoms with Crippen molar-refractivity contribution in [1.29, 1.82) is 0 Å². The van der Waals surface area contributed by atoms with E-state index in [1.165, 1.54) is 11.8 Å². The molecule has 4 rings (SSSR count). The van der Waals surface area contributed by atoms with Crippen LogP contribution in [-0.4, -0.2) is 23.5 Å². The van der Waals surface area contributed by atoms with Gasteiger partial charge in [-0.2, -0.15) is 0 Å². The number of hydrogen-bond donors (Lipinski definition) is 3. The van der Waals surface area contributed by atoms with E-state index in [-0.39, 0.29) is 17.4 Å². The third-order valence-corrected chi connectivity index (χ3v) is 7.36. The largest absolute Gasteiger partial charge is 0.325 e. The lowest BCUT2D eigenvalue weighted by molar-refractivity contribution is -0.114. The first kappa shape index (κ1) is 29.2. The van der Waals surface area contributed by atoms with Crippen molar-refractivity contribution in [3.8, 4) is 0 Å². The summed E-state index contributed by atoms with van der Waals surface area (Å²) in [5.74, 6) is -1.03. The monoisotopic (exact) mass is 609 g/mol. The normalized spacial score (nSPS) is 11.0. The average molecular weight is 611 g/mol. The number of carbonyl (C=O) groups is 3. The smallest absolute Gasteiger partial charge is 0.272 e. The van der Waals surface area contributed by atoms with E-state index in [4.69, 9.17) is 34.8 Å². The zero-order chi connectivity index (χ0) is 28.5. The predicted molar refractivity (Wildman–Crippen MR) is 164 cm³/mol. The summed E-state index contributed by atoms with van der Waals surface area (Å²) >= 11 is 19.2. The summed E-state index contributed by atoms with van der Waals surface area (Å²) in [7, 11) is 0. The van der Waals surface area contributed by atoms with Crippen LogP contribution in [0.1, 0.15) is 15.9 Å². The number of halogens is 3. The molecule has 202 valence electrons. The van der Waals surface area contributed by atoms with E-state index in [0.717, 1.165) is 4.90 Å². The molecule has 10 heteroatoms. The van der Waals surface area contributed by atoms with Crippen molar-refractivity contribution in [2.45, 2.75) is 4.90 Å². The van der Waals surface area contributed by atoms with Crippen LogP contribution < -0.4 is 16.0 Å². The van der Waals surface area contributed by atoms with Crippen LogP contribution in [0.2, 0.25) is 15.1 Å². The van der Waals surface area contributed by atoms with Crippen molar-refractivity contribution in [2.75, 3.05) is 16.4 Å². The molecule has 4 aromatic rings. The molecule has 0 bridgehead atoms. The van der Waals surface area contributed by atoms with Crippen LogP contribution in [0, 0.1) is 0 Å². The summed E-state index contributed by atoms with van der Waals surface area (Å²) < 4.78 is 0. The molecule has 0 aliphatic heterocycles. The molecule has 0 aliphatic carbocycles. The van der Waals surface area contributed by atoms with E-state index in [9.17, 15) is 14.4 Å². The van der Waals surface area contributed by atoms with Gasteiger partial charge in [-0.3, -0.25) is 14.4 Å². The number of carbonyl (C=O) groups excluding carboxylic acids is 3. The first-order valence-electron chi connectivity index (χ1n) is 11.9. The lowest BCUT2D eigenvalue weighted by Gasteiger charge is -2.12. The Bertz CT molecular complexity index is 1560. The maximum absolute atomic E-state index is 13.3. The summed E-state index contributed by atoms with van der Waals surface area (Å²) in [6.45, 7) is 0. The average Bonchev–Trinajstić information content (AvgIpc) is 2.95. The number of anilines is 2. The highest BCUT2D eigenvalue weighted by Gasteiger charge is 2.15. The van der Waals surface area contributed by atoms with Gasteiger partial charge in [-0.05, 0) is 72.3 Å². The van der Waals surface area contributed by atoms with Crippen molar-refractivity contribution >= 4 is 81.7 Å². The van der Waals surface area contributed by atoms with Crippen molar-refractivity contribution in [1.82, 2.24) is 5.32 Å². The van der Waals surface area contributed by atoms with Gasteiger partial charge in [-0.25, -0.2) is 0 Å². The molecule has 3 amide bonds. The molecule has 0 atom stereocenters. The molecule has 6 nitrogen and oxygen atoms in total. The standard InChI is InChI=1S/C30H22Cl3N3O3S/c31-21-11-9-19(10-12-21)15-27(36-29(38)20-5-2-1-3-6-20)30(39)35-22-7-4-8-24(16-22)40-18-28(37)34-23-13-14-25(32)26(33)17-23/h1-17H,18H2,(H,34,37)(H,35,39)(H,36,38)/b27-15-. The van der Waals surface area contributed by atoms with Gasteiger partial charge in [0.2, 0.25) is 5.91 Å². The van der Waals surface area contributed by atoms with Gasteiger partial charge < -0.3 is 16.0 Å². The van der Waals surface area contributed by atoms with Gasteiger partial charge in [0.05, 0.1) is 15.8 Å². The van der Waals surface area contributed by atoms with Gasteiger partial charge in [0.15, 0.2) is 0 Å². The zero-order valence-corrected chi connectivity index (χ0v) is 23.9. The Morgan fingerprint density at radius 2 is 1.45 bits per heavy atom. The number of thioether (sulfide) groups is 1. The van der Waals surface area contributed by atoms with Crippen LogP contribution in [0.25, 0.3) is 6.08 Å². The lowest BCUT2D eigenvalue weighted by atomic mass is 10.1. The molecule has 0 aliphatic rings. The summed E-state index contributed by atoms with van der Waals surface area (Å²) in [4.78, 5) is 39.3. The van der Waals surface area contributed by atoms with Crippen molar-refractivity contribution in [3.63, 3.8) is 0 Å². The number of hydrogen-bond acceptors (Lipinski definition) is 4. The lowest BCUT2D eigenvalue weighted by Crippen LogP contribution is -2.30. The fraction of sp³-hybridized carbons (Fsp3) is 0.0333. The molecule has 0 heterocycles. The molecular weight excluding hydrogens is 589 g/mol. The fourth-order valence-corrected chi connectivity index (χ4v) is 4.63. The van der Waals surface area contributed by atoms with Crippen LogP contribution in [0.15, 0.2) is 108 Å². The quantitative estimate of drug-likeness (QED) is 0.133. The summed E-state index contributed by atoms with van der Waals surface area (Å²) in [6, 6.07) is 27.4.